The van der Waals surface area contributed by atoms with E-state index in [1.165, 1.54) is 0 Å². The first-order valence-corrected chi connectivity index (χ1v) is 8.05. The van der Waals surface area contributed by atoms with Crippen molar-refractivity contribution in [3.63, 3.8) is 0 Å². The highest BCUT2D eigenvalue weighted by atomic mass is 32.1. The van der Waals surface area contributed by atoms with Crippen molar-refractivity contribution in [3.8, 4) is 5.75 Å². The molecule has 3 aromatic rings. The van der Waals surface area contributed by atoms with Gasteiger partial charge in [0.2, 0.25) is 0 Å². The number of aromatic nitrogens is 1. The van der Waals surface area contributed by atoms with Crippen LogP contribution in [0.2, 0.25) is 0 Å². The van der Waals surface area contributed by atoms with Crippen LogP contribution in [0.1, 0.15) is 26.0 Å². The third kappa shape index (κ3) is 2.82. The van der Waals surface area contributed by atoms with Gasteiger partial charge in [-0.2, -0.15) is 0 Å². The van der Waals surface area contributed by atoms with Gasteiger partial charge in [-0.05, 0) is 19.9 Å². The maximum Gasteiger partial charge on any atom is 0.289 e. The number of nitrogens with zero attached hydrogens (tertiary/aromatic N) is 2. The molecule has 0 atom stereocenters. The van der Waals surface area contributed by atoms with Crippen LogP contribution in [0.5, 0.6) is 5.75 Å². The molecule has 5 nitrogen and oxygen atoms in total. The summed E-state index contributed by atoms with van der Waals surface area (Å²) in [5, 5.41) is 1.89. The van der Waals surface area contributed by atoms with E-state index >= 15 is 0 Å². The lowest BCUT2D eigenvalue weighted by atomic mass is 10.1. The minimum absolute atomic E-state index is 0.146. The van der Waals surface area contributed by atoms with Crippen LogP contribution in [-0.2, 0) is 6.54 Å². The van der Waals surface area contributed by atoms with Gasteiger partial charge in [0, 0.05) is 29.1 Å². The van der Waals surface area contributed by atoms with Crippen LogP contribution in [0.15, 0.2) is 28.8 Å². The largest absolute Gasteiger partial charge is 0.493 e. The fourth-order valence-electron chi connectivity index (χ4n) is 2.54. The van der Waals surface area contributed by atoms with E-state index in [0.717, 1.165) is 20.8 Å². The molecule has 23 heavy (non-hydrogen) atoms. The maximum absolute atomic E-state index is 12.7. The molecular weight excluding hydrogens is 312 g/mol. The molecule has 3 rings (SSSR count). The summed E-state index contributed by atoms with van der Waals surface area (Å²) in [7, 11) is 3.35. The van der Waals surface area contributed by atoms with Crippen molar-refractivity contribution in [1.29, 1.82) is 0 Å². The average molecular weight is 330 g/mol. The first-order chi connectivity index (χ1) is 11.0. The highest BCUT2D eigenvalue weighted by molar-refractivity contribution is 7.11. The molecular formula is C17H18N2O3S. The van der Waals surface area contributed by atoms with E-state index in [9.17, 15) is 4.79 Å². The highest BCUT2D eigenvalue weighted by Gasteiger charge is 2.23. The Bertz CT molecular complexity index is 866. The van der Waals surface area contributed by atoms with Crippen LogP contribution in [0.3, 0.4) is 0 Å². The molecule has 0 spiro atoms. The van der Waals surface area contributed by atoms with E-state index in [1.54, 1.807) is 36.6 Å². The van der Waals surface area contributed by atoms with Gasteiger partial charge in [-0.25, -0.2) is 4.98 Å². The third-order valence-electron chi connectivity index (χ3n) is 3.75. The van der Waals surface area contributed by atoms with Gasteiger partial charge >= 0.3 is 0 Å². The van der Waals surface area contributed by atoms with Crippen molar-refractivity contribution in [2.24, 2.45) is 0 Å². The molecule has 0 unspecified atom stereocenters. The van der Waals surface area contributed by atoms with Crippen molar-refractivity contribution >= 4 is 28.2 Å². The molecule has 0 N–H and O–H groups in total. The highest BCUT2D eigenvalue weighted by Crippen LogP contribution is 2.32. The number of aryl methyl sites for hydroxylation is 2. The van der Waals surface area contributed by atoms with E-state index in [0.29, 0.717) is 23.6 Å². The minimum Gasteiger partial charge on any atom is -0.493 e. The van der Waals surface area contributed by atoms with E-state index in [4.69, 9.17) is 9.15 Å². The summed E-state index contributed by atoms with van der Waals surface area (Å²) >= 11 is 1.59. The minimum atomic E-state index is -0.146. The number of para-hydroxylation sites is 1. The van der Waals surface area contributed by atoms with Gasteiger partial charge in [-0.15, -0.1) is 11.3 Å². The molecule has 0 aliphatic heterocycles. The first-order valence-electron chi connectivity index (χ1n) is 7.24. The fourth-order valence-corrected chi connectivity index (χ4v) is 3.39. The Morgan fingerprint density at radius 2 is 2.17 bits per heavy atom. The lowest BCUT2D eigenvalue weighted by molar-refractivity contribution is 0.0756. The normalized spacial score (nSPS) is 11.0. The molecule has 0 bridgehead atoms. The van der Waals surface area contributed by atoms with Crippen molar-refractivity contribution in [1.82, 2.24) is 9.88 Å². The molecule has 0 aliphatic rings. The van der Waals surface area contributed by atoms with Gasteiger partial charge in [-0.1, -0.05) is 12.1 Å². The molecule has 0 fully saturated rings. The smallest absolute Gasteiger partial charge is 0.289 e. The summed E-state index contributed by atoms with van der Waals surface area (Å²) in [6.45, 7) is 4.35. The number of methoxy groups -OCH3 is 1. The summed E-state index contributed by atoms with van der Waals surface area (Å²) in [5.41, 5.74) is 1.44. The predicted octanol–water partition coefficient (Wildman–Crippen LogP) is 3.79. The number of carbonyl (C=O) groups excluding carboxylic acids is 1. The van der Waals surface area contributed by atoms with Gasteiger partial charge in [0.05, 0.1) is 18.7 Å². The van der Waals surface area contributed by atoms with Gasteiger partial charge < -0.3 is 14.1 Å². The van der Waals surface area contributed by atoms with Crippen molar-refractivity contribution in [2.45, 2.75) is 20.4 Å². The number of hydrogen-bond donors (Lipinski definition) is 0. The number of rotatable bonds is 4. The number of fused-ring (bicyclic) bond motifs is 1. The standard InChI is InChI=1S/C17H18N2O3S/c1-10-13-6-5-7-14(21-4)16(13)22-15(10)17(20)19(3)9-12-8-18-11(2)23-12/h5-8H,9H2,1-4H3. The summed E-state index contributed by atoms with van der Waals surface area (Å²) in [6.07, 6.45) is 1.80. The topological polar surface area (TPSA) is 55.6 Å². The summed E-state index contributed by atoms with van der Waals surface area (Å²) in [5.74, 6) is 0.838. The Morgan fingerprint density at radius 1 is 1.39 bits per heavy atom. The molecule has 1 amide bonds. The van der Waals surface area contributed by atoms with E-state index in [-0.39, 0.29) is 5.91 Å². The number of carbonyl (C=O) groups is 1. The Morgan fingerprint density at radius 3 is 2.83 bits per heavy atom. The number of benzene rings is 1. The molecule has 120 valence electrons. The maximum atomic E-state index is 12.7. The lowest BCUT2D eigenvalue weighted by Gasteiger charge is -2.14. The van der Waals surface area contributed by atoms with Gasteiger partial charge in [-0.3, -0.25) is 4.79 Å². The Labute approximate surface area is 138 Å². The molecule has 6 heteroatoms. The van der Waals surface area contributed by atoms with Gasteiger partial charge in [0.15, 0.2) is 17.1 Å². The number of furan rings is 1. The zero-order valence-corrected chi connectivity index (χ0v) is 14.4. The monoisotopic (exact) mass is 330 g/mol. The average Bonchev–Trinajstić information content (AvgIpc) is 3.10. The van der Waals surface area contributed by atoms with Crippen molar-refractivity contribution in [2.75, 3.05) is 14.2 Å². The lowest BCUT2D eigenvalue weighted by Crippen LogP contribution is -2.25. The van der Waals surface area contributed by atoms with Gasteiger partial charge in [0.25, 0.3) is 5.91 Å². The van der Waals surface area contributed by atoms with Crippen LogP contribution in [0.4, 0.5) is 0 Å². The molecule has 0 aliphatic carbocycles. The van der Waals surface area contributed by atoms with Gasteiger partial charge in [0.1, 0.15) is 0 Å². The fraction of sp³-hybridized carbons (Fsp3) is 0.294. The van der Waals surface area contributed by atoms with E-state index in [1.807, 2.05) is 32.0 Å². The Balaban J connectivity index is 1.92. The predicted molar refractivity (Wildman–Crippen MR) is 90.2 cm³/mol. The molecule has 1 aromatic carbocycles. The number of amides is 1. The van der Waals surface area contributed by atoms with Crippen molar-refractivity contribution < 1.29 is 13.9 Å². The van der Waals surface area contributed by atoms with Crippen LogP contribution in [0.25, 0.3) is 11.0 Å². The second kappa shape index (κ2) is 6.04. The molecule has 2 heterocycles. The van der Waals surface area contributed by atoms with Crippen molar-refractivity contribution in [3.05, 3.63) is 45.6 Å². The number of ether oxygens (including phenoxy) is 1. The summed E-state index contributed by atoms with van der Waals surface area (Å²) in [4.78, 5) is 19.6. The summed E-state index contributed by atoms with van der Waals surface area (Å²) < 4.78 is 11.1. The van der Waals surface area contributed by atoms with E-state index < -0.39 is 0 Å². The van der Waals surface area contributed by atoms with Crippen LogP contribution in [-0.4, -0.2) is 29.9 Å². The molecule has 2 aromatic heterocycles. The zero-order chi connectivity index (χ0) is 16.6. The van der Waals surface area contributed by atoms with Crippen LogP contribution < -0.4 is 4.74 Å². The quantitative estimate of drug-likeness (QED) is 0.730. The SMILES string of the molecule is COc1cccc2c(C)c(C(=O)N(C)Cc3cnc(C)s3)oc12. The first kappa shape index (κ1) is 15.6. The summed E-state index contributed by atoms with van der Waals surface area (Å²) in [6, 6.07) is 5.64. The number of thiazole rings is 1. The van der Waals surface area contributed by atoms with Crippen LogP contribution in [0, 0.1) is 13.8 Å². The second-order valence-corrected chi connectivity index (χ2v) is 6.72. The zero-order valence-electron chi connectivity index (χ0n) is 13.5. The second-order valence-electron chi connectivity index (χ2n) is 5.40. The molecule has 0 saturated heterocycles. The van der Waals surface area contributed by atoms with Crippen LogP contribution >= 0.6 is 11.3 Å². The third-order valence-corrected chi connectivity index (χ3v) is 4.65. The van der Waals surface area contributed by atoms with E-state index in [2.05, 4.69) is 4.98 Å². The Kier molecular flexibility index (Phi) is 4.09. The molecule has 0 saturated carbocycles. The Hall–Kier alpha value is -2.34. The molecule has 0 radical (unpaired) electrons. The number of hydrogen-bond acceptors (Lipinski definition) is 5.